The number of allylic oxidation sites excluding steroid dienone is 1. The van der Waals surface area contributed by atoms with E-state index in [1.807, 2.05) is 36.4 Å². The van der Waals surface area contributed by atoms with Crippen LogP contribution in [0.5, 0.6) is 0 Å². The summed E-state index contributed by atoms with van der Waals surface area (Å²) in [4.78, 5) is 0. The van der Waals surface area contributed by atoms with E-state index in [4.69, 9.17) is 6.58 Å². The van der Waals surface area contributed by atoms with E-state index >= 15 is 4.57 Å². The molecule has 2 nitrogen and oxygen atoms in total. The van der Waals surface area contributed by atoms with E-state index in [1.54, 1.807) is 0 Å². The van der Waals surface area contributed by atoms with Gasteiger partial charge in [-0.15, -0.1) is 0 Å². The predicted molar refractivity (Wildman–Crippen MR) is 192 cm³/mol. The predicted octanol–water partition coefficient (Wildman–Crippen LogP) is 9.28. The van der Waals surface area contributed by atoms with Crippen molar-refractivity contribution in [3.8, 4) is 11.3 Å². The average Bonchev–Trinajstić information content (AvgIpc) is 3.11. The van der Waals surface area contributed by atoms with Crippen LogP contribution in [0.15, 0.2) is 146 Å². The minimum absolute atomic E-state index is 0.233. The van der Waals surface area contributed by atoms with Crippen LogP contribution < -0.4 is 20.5 Å². The highest BCUT2D eigenvalue weighted by Crippen LogP contribution is 2.50. The molecule has 2 heterocycles. The molecule has 6 aromatic carbocycles. The highest BCUT2D eigenvalue weighted by Gasteiger charge is 2.48. The molecule has 1 aliphatic rings. The third kappa shape index (κ3) is 3.89. The Labute approximate surface area is 264 Å². The number of nitrogens with zero attached hydrogens (tertiary/aromatic N) is 1. The van der Waals surface area contributed by atoms with E-state index in [0.717, 1.165) is 67.0 Å². The third-order valence-corrected chi connectivity index (χ3v) is 13.4. The molecule has 0 atom stereocenters. The third-order valence-electron chi connectivity index (χ3n) is 10.2. The van der Waals surface area contributed by atoms with Crippen molar-refractivity contribution in [1.82, 2.24) is 0 Å². The second-order valence-electron chi connectivity index (χ2n) is 12.2. The van der Waals surface area contributed by atoms with Crippen LogP contribution in [-0.2, 0) is 10.1 Å². The molecule has 0 saturated heterocycles. The van der Waals surface area contributed by atoms with Crippen molar-refractivity contribution in [3.05, 3.63) is 152 Å². The molecule has 0 saturated carbocycles. The summed E-state index contributed by atoms with van der Waals surface area (Å²) in [7, 11) is -3.39. The molecule has 0 fully saturated rings. The van der Waals surface area contributed by atoms with Crippen LogP contribution in [-0.4, -0.2) is 0 Å². The molecule has 7 aromatic rings. The van der Waals surface area contributed by atoms with Crippen molar-refractivity contribution >= 4 is 60.9 Å². The molecule has 3 heteroatoms. The van der Waals surface area contributed by atoms with Crippen LogP contribution in [0, 0.1) is 0 Å². The molecule has 218 valence electrons. The Morgan fingerprint density at radius 1 is 0.600 bits per heavy atom. The molecule has 0 N–H and O–H groups in total. The number of hydrogen-bond acceptors (Lipinski definition) is 1. The van der Waals surface area contributed by atoms with Gasteiger partial charge in [-0.2, -0.15) is 4.57 Å². The minimum Gasteiger partial charge on any atom is -0.309 e. The quantitative estimate of drug-likeness (QED) is 0.143. The molecule has 0 bridgehead atoms. The van der Waals surface area contributed by atoms with Gasteiger partial charge in [-0.1, -0.05) is 136 Å². The summed E-state index contributed by atoms with van der Waals surface area (Å²) >= 11 is 0. The Hall–Kier alpha value is -4.78. The summed E-state index contributed by atoms with van der Waals surface area (Å²) in [6.07, 6.45) is 4.11. The van der Waals surface area contributed by atoms with Crippen molar-refractivity contribution in [2.45, 2.75) is 32.2 Å². The van der Waals surface area contributed by atoms with E-state index in [-0.39, 0.29) is 5.54 Å². The lowest BCUT2D eigenvalue weighted by Crippen LogP contribution is -2.59. The van der Waals surface area contributed by atoms with Crippen LogP contribution in [0.1, 0.15) is 32.3 Å². The summed E-state index contributed by atoms with van der Waals surface area (Å²) in [5.41, 5.74) is 4.28. The van der Waals surface area contributed by atoms with Crippen LogP contribution in [0.3, 0.4) is 0 Å². The van der Waals surface area contributed by atoms with Gasteiger partial charge in [-0.05, 0) is 44.6 Å². The first-order valence-corrected chi connectivity index (χ1v) is 17.6. The number of hydrogen-bond donors (Lipinski definition) is 0. The fraction of sp³-hybridized carbons (Fsp3) is 0.119. The summed E-state index contributed by atoms with van der Waals surface area (Å²) in [6, 6.07) is 46.4. The zero-order valence-corrected chi connectivity index (χ0v) is 26.6. The molecule has 0 spiro atoms. The van der Waals surface area contributed by atoms with Gasteiger partial charge in [-0.25, -0.2) is 0 Å². The lowest BCUT2D eigenvalue weighted by Gasteiger charge is -2.35. The van der Waals surface area contributed by atoms with Gasteiger partial charge in [0.2, 0.25) is 5.69 Å². The van der Waals surface area contributed by atoms with E-state index in [0.29, 0.717) is 0 Å². The second-order valence-corrected chi connectivity index (χ2v) is 14.9. The van der Waals surface area contributed by atoms with E-state index < -0.39 is 7.14 Å². The van der Waals surface area contributed by atoms with Gasteiger partial charge in [0, 0.05) is 40.4 Å². The maximum Gasteiger partial charge on any atom is 0.221 e. The van der Waals surface area contributed by atoms with E-state index in [9.17, 15) is 0 Å². The van der Waals surface area contributed by atoms with Crippen molar-refractivity contribution in [2.24, 2.45) is 0 Å². The molecule has 8 rings (SSSR count). The Morgan fingerprint density at radius 3 is 1.69 bits per heavy atom. The molecular weight excluding hydrogens is 565 g/mol. The molecular formula is C42H35NOP+. The Morgan fingerprint density at radius 2 is 1.11 bits per heavy atom. The first-order valence-electron chi connectivity index (χ1n) is 15.9. The minimum atomic E-state index is -3.39. The van der Waals surface area contributed by atoms with Crippen LogP contribution in [0.25, 0.3) is 49.1 Å². The van der Waals surface area contributed by atoms with Gasteiger partial charge >= 0.3 is 0 Å². The summed E-state index contributed by atoms with van der Waals surface area (Å²) in [6.45, 7) is 9.25. The Kier molecular flexibility index (Phi) is 6.41. The zero-order chi connectivity index (χ0) is 30.8. The topological polar surface area (TPSA) is 20.9 Å². The van der Waals surface area contributed by atoms with Crippen LogP contribution in [0.4, 0.5) is 0 Å². The molecule has 1 aliphatic heterocycles. The standard InChI is InChI=1S/C42H35NOP/c1-4-42(5-2)29(3)34-25-24-33(28-38(34)41-37-21-11-8-16-32(37)26-27-43(41)42)45(44,39-22-12-17-30-14-6-9-19-35(30)39)40-23-13-18-31-15-7-10-20-36(31)40/h6-28H,3-5H2,1-2H3/q+1. The van der Waals surface area contributed by atoms with Crippen molar-refractivity contribution in [1.29, 1.82) is 0 Å². The molecule has 0 unspecified atom stereocenters. The number of rotatable bonds is 5. The second kappa shape index (κ2) is 10.4. The number of pyridine rings is 1. The molecule has 1 aromatic heterocycles. The largest absolute Gasteiger partial charge is 0.309 e. The fourth-order valence-corrected chi connectivity index (χ4v) is 10.9. The first kappa shape index (κ1) is 27.7. The van der Waals surface area contributed by atoms with Gasteiger partial charge in [-0.3, -0.25) is 0 Å². The summed E-state index contributed by atoms with van der Waals surface area (Å²) in [5.74, 6) is 0. The monoisotopic (exact) mass is 600 g/mol. The molecule has 0 aliphatic carbocycles. The van der Waals surface area contributed by atoms with E-state index in [1.165, 1.54) is 16.5 Å². The van der Waals surface area contributed by atoms with Gasteiger partial charge in [0.05, 0.1) is 10.9 Å². The maximum absolute atomic E-state index is 16.4. The number of fused-ring (bicyclic) bond motifs is 7. The van der Waals surface area contributed by atoms with Gasteiger partial charge in [0.15, 0.2) is 18.9 Å². The first-order chi connectivity index (χ1) is 22.0. The fourth-order valence-electron chi connectivity index (χ4n) is 7.82. The van der Waals surface area contributed by atoms with Gasteiger partial charge in [0.1, 0.15) is 0 Å². The van der Waals surface area contributed by atoms with Crippen LogP contribution in [0.2, 0.25) is 0 Å². The average molecular weight is 601 g/mol. The normalized spacial score (nSPS) is 14.0. The Bertz CT molecular complexity index is 2270. The number of benzene rings is 6. The molecule has 0 radical (unpaired) electrons. The molecule has 45 heavy (non-hydrogen) atoms. The zero-order valence-electron chi connectivity index (χ0n) is 25.7. The summed E-state index contributed by atoms with van der Waals surface area (Å²) in [5, 5.41) is 9.18. The van der Waals surface area contributed by atoms with Gasteiger partial charge in [0.25, 0.3) is 0 Å². The molecule has 0 amide bonds. The van der Waals surface area contributed by atoms with Gasteiger partial charge < -0.3 is 4.57 Å². The van der Waals surface area contributed by atoms with E-state index in [2.05, 4.69) is 122 Å². The van der Waals surface area contributed by atoms with Crippen LogP contribution >= 0.6 is 7.14 Å². The van der Waals surface area contributed by atoms with Crippen molar-refractivity contribution < 1.29 is 9.13 Å². The smallest absolute Gasteiger partial charge is 0.221 e. The summed E-state index contributed by atoms with van der Waals surface area (Å²) < 4.78 is 18.8. The van der Waals surface area contributed by atoms with Crippen molar-refractivity contribution in [3.63, 3.8) is 0 Å². The SMILES string of the molecule is C=C1c2ccc(P(=O)(c3cccc4ccccc34)c3cccc4ccccc34)cc2-c2c3ccccc3cc[n+]2C1(CC)CC. The maximum atomic E-state index is 16.4. The lowest BCUT2D eigenvalue weighted by molar-refractivity contribution is -0.740. The highest BCUT2D eigenvalue weighted by atomic mass is 31.2. The number of aromatic nitrogens is 1. The van der Waals surface area contributed by atoms with Crippen molar-refractivity contribution in [2.75, 3.05) is 0 Å². The lowest BCUT2D eigenvalue weighted by atomic mass is 9.75. The Balaban J connectivity index is 1.50. The highest BCUT2D eigenvalue weighted by molar-refractivity contribution is 7.86.